The molecule has 0 bridgehead atoms. The molecule has 0 amide bonds. The summed E-state index contributed by atoms with van der Waals surface area (Å²) >= 11 is 1.41. The molecule has 6 nitrogen and oxygen atoms in total. The van der Waals surface area contributed by atoms with Gasteiger partial charge in [0.05, 0.1) is 18.2 Å². The van der Waals surface area contributed by atoms with Gasteiger partial charge >= 0.3 is 5.97 Å². The molecule has 136 valence electrons. The normalized spacial score (nSPS) is 10.5. The van der Waals surface area contributed by atoms with E-state index in [1.807, 2.05) is 37.4 Å². The van der Waals surface area contributed by atoms with Crippen LogP contribution in [0.25, 0.3) is 11.3 Å². The molecule has 0 spiro atoms. The Morgan fingerprint density at radius 3 is 2.58 bits per heavy atom. The van der Waals surface area contributed by atoms with Crippen molar-refractivity contribution in [3.63, 3.8) is 0 Å². The number of hydrogen-bond donors (Lipinski definition) is 1. The summed E-state index contributed by atoms with van der Waals surface area (Å²) in [4.78, 5) is 20.4. The Hall–Kier alpha value is -2.59. The second kappa shape index (κ2) is 9.20. The highest BCUT2D eigenvalue weighted by molar-refractivity contribution is 7.98. The van der Waals surface area contributed by atoms with E-state index in [2.05, 4.69) is 21.4 Å². The molecule has 2 rings (SSSR count). The standard InChI is InChI=1S/C19H22N4O2S/c1-12(2)18(24)25-10-9-21-17-15(11-20)16(22-19(23-17)26-4)14-7-5-13(3)6-8-14/h5-8,12H,9-10H2,1-4H3,(H,21,22,23). The number of nitrogens with zero attached hydrogens (tertiary/aromatic N) is 3. The number of aromatic nitrogens is 2. The van der Waals surface area contributed by atoms with Gasteiger partial charge in [-0.15, -0.1) is 0 Å². The van der Waals surface area contributed by atoms with Gasteiger partial charge in [0.25, 0.3) is 0 Å². The second-order valence-corrected chi connectivity index (χ2v) is 6.78. The zero-order chi connectivity index (χ0) is 19.1. The van der Waals surface area contributed by atoms with Crippen molar-refractivity contribution in [2.24, 2.45) is 5.92 Å². The number of esters is 1. The van der Waals surface area contributed by atoms with E-state index in [9.17, 15) is 10.1 Å². The number of ether oxygens (including phenoxy) is 1. The number of rotatable bonds is 7. The molecule has 7 heteroatoms. The van der Waals surface area contributed by atoms with Crippen LogP contribution in [0.5, 0.6) is 0 Å². The van der Waals surface area contributed by atoms with Crippen LogP contribution >= 0.6 is 11.8 Å². The van der Waals surface area contributed by atoms with Crippen LogP contribution in [0.3, 0.4) is 0 Å². The van der Waals surface area contributed by atoms with Crippen molar-refractivity contribution >= 4 is 23.5 Å². The van der Waals surface area contributed by atoms with Gasteiger partial charge in [0.15, 0.2) is 5.16 Å². The van der Waals surface area contributed by atoms with Crippen molar-refractivity contribution in [2.45, 2.75) is 25.9 Å². The Labute approximate surface area is 158 Å². The Morgan fingerprint density at radius 1 is 1.31 bits per heavy atom. The predicted molar refractivity (Wildman–Crippen MR) is 103 cm³/mol. The molecular weight excluding hydrogens is 348 g/mol. The third kappa shape index (κ3) is 4.96. The molecule has 0 atom stereocenters. The topological polar surface area (TPSA) is 87.9 Å². The van der Waals surface area contributed by atoms with E-state index in [0.717, 1.165) is 11.1 Å². The van der Waals surface area contributed by atoms with Gasteiger partial charge in [-0.1, -0.05) is 55.4 Å². The summed E-state index contributed by atoms with van der Waals surface area (Å²) in [6.07, 6.45) is 1.88. The van der Waals surface area contributed by atoms with Crippen molar-refractivity contribution in [1.29, 1.82) is 5.26 Å². The van der Waals surface area contributed by atoms with Gasteiger partial charge in [-0.05, 0) is 13.2 Å². The molecule has 0 fully saturated rings. The minimum absolute atomic E-state index is 0.167. The van der Waals surface area contributed by atoms with E-state index < -0.39 is 0 Å². The first kappa shape index (κ1) is 19.7. The maximum absolute atomic E-state index is 11.5. The van der Waals surface area contributed by atoms with Gasteiger partial charge < -0.3 is 10.1 Å². The lowest BCUT2D eigenvalue weighted by Gasteiger charge is -2.13. The maximum atomic E-state index is 11.5. The van der Waals surface area contributed by atoms with Gasteiger partial charge in [0.1, 0.15) is 24.1 Å². The van der Waals surface area contributed by atoms with Crippen molar-refractivity contribution in [1.82, 2.24) is 9.97 Å². The van der Waals surface area contributed by atoms with Crippen LogP contribution in [-0.4, -0.2) is 35.3 Å². The van der Waals surface area contributed by atoms with Crippen molar-refractivity contribution in [2.75, 3.05) is 24.7 Å². The number of nitriles is 1. The number of nitrogens with one attached hydrogen (secondary N) is 1. The maximum Gasteiger partial charge on any atom is 0.308 e. The van der Waals surface area contributed by atoms with Gasteiger partial charge in [-0.25, -0.2) is 9.97 Å². The molecule has 0 saturated carbocycles. The molecule has 1 aromatic heterocycles. The average Bonchev–Trinajstić information content (AvgIpc) is 2.64. The summed E-state index contributed by atoms with van der Waals surface area (Å²) in [5.74, 6) is 0.0307. The largest absolute Gasteiger partial charge is 0.464 e. The molecule has 0 unspecified atom stereocenters. The molecule has 2 aromatic rings. The monoisotopic (exact) mass is 370 g/mol. The molecule has 1 heterocycles. The Bertz CT molecular complexity index is 814. The van der Waals surface area contributed by atoms with E-state index in [-0.39, 0.29) is 18.5 Å². The summed E-state index contributed by atoms with van der Waals surface area (Å²) in [5.41, 5.74) is 2.96. The molecule has 0 saturated heterocycles. The molecule has 1 N–H and O–H groups in total. The SMILES string of the molecule is CSc1nc(NCCOC(=O)C(C)C)c(C#N)c(-c2ccc(C)cc2)n1. The number of anilines is 1. The second-order valence-electron chi connectivity index (χ2n) is 6.01. The molecule has 1 aromatic carbocycles. The fourth-order valence-electron chi connectivity index (χ4n) is 2.17. The first-order valence-electron chi connectivity index (χ1n) is 8.30. The van der Waals surface area contributed by atoms with Gasteiger partial charge in [0.2, 0.25) is 0 Å². The Morgan fingerprint density at radius 2 is 2.00 bits per heavy atom. The molecular formula is C19H22N4O2S. The lowest BCUT2D eigenvalue weighted by Crippen LogP contribution is -2.18. The molecule has 0 aliphatic rings. The van der Waals surface area contributed by atoms with Crippen LogP contribution in [0.4, 0.5) is 5.82 Å². The highest BCUT2D eigenvalue weighted by atomic mass is 32.2. The number of carbonyl (C=O) groups is 1. The summed E-state index contributed by atoms with van der Waals surface area (Å²) < 4.78 is 5.15. The zero-order valence-electron chi connectivity index (χ0n) is 15.4. The van der Waals surface area contributed by atoms with Crippen LogP contribution in [-0.2, 0) is 9.53 Å². The van der Waals surface area contributed by atoms with E-state index in [0.29, 0.717) is 28.8 Å². The van der Waals surface area contributed by atoms with Gasteiger partial charge in [-0.3, -0.25) is 4.79 Å². The quantitative estimate of drug-likeness (QED) is 0.344. The summed E-state index contributed by atoms with van der Waals surface area (Å²) in [6.45, 7) is 6.15. The lowest BCUT2D eigenvalue weighted by molar-refractivity contribution is -0.146. The third-order valence-electron chi connectivity index (χ3n) is 3.62. The molecule has 0 radical (unpaired) electrons. The van der Waals surface area contributed by atoms with Crippen LogP contribution in [0, 0.1) is 24.2 Å². The molecule has 0 aliphatic carbocycles. The van der Waals surface area contributed by atoms with Crippen LogP contribution in [0.15, 0.2) is 29.4 Å². The van der Waals surface area contributed by atoms with Crippen molar-refractivity contribution in [3.05, 3.63) is 35.4 Å². The summed E-state index contributed by atoms with van der Waals surface area (Å²) in [6, 6.07) is 10.0. The predicted octanol–water partition coefficient (Wildman–Crippen LogP) is 3.66. The minimum Gasteiger partial charge on any atom is -0.464 e. The average molecular weight is 370 g/mol. The Balaban J connectivity index is 2.25. The highest BCUT2D eigenvalue weighted by Gasteiger charge is 2.16. The number of hydrogen-bond acceptors (Lipinski definition) is 7. The highest BCUT2D eigenvalue weighted by Crippen LogP contribution is 2.28. The van der Waals surface area contributed by atoms with E-state index in [1.54, 1.807) is 13.8 Å². The molecule has 0 aliphatic heterocycles. The fourth-order valence-corrected chi connectivity index (χ4v) is 2.54. The smallest absolute Gasteiger partial charge is 0.308 e. The van der Waals surface area contributed by atoms with Crippen LogP contribution < -0.4 is 5.32 Å². The minimum atomic E-state index is -0.250. The number of carbonyl (C=O) groups excluding carboxylic acids is 1. The summed E-state index contributed by atoms with van der Waals surface area (Å²) in [7, 11) is 0. The van der Waals surface area contributed by atoms with Crippen molar-refractivity contribution < 1.29 is 9.53 Å². The fraction of sp³-hybridized carbons (Fsp3) is 0.368. The Kier molecular flexibility index (Phi) is 6.98. The van der Waals surface area contributed by atoms with Crippen molar-refractivity contribution in [3.8, 4) is 17.3 Å². The van der Waals surface area contributed by atoms with Gasteiger partial charge in [0, 0.05) is 5.56 Å². The van der Waals surface area contributed by atoms with E-state index in [4.69, 9.17) is 4.74 Å². The van der Waals surface area contributed by atoms with Crippen LogP contribution in [0.2, 0.25) is 0 Å². The summed E-state index contributed by atoms with van der Waals surface area (Å²) in [5, 5.41) is 13.3. The number of thioether (sulfide) groups is 1. The molecule has 26 heavy (non-hydrogen) atoms. The third-order valence-corrected chi connectivity index (χ3v) is 4.17. The first-order chi connectivity index (χ1) is 12.5. The zero-order valence-corrected chi connectivity index (χ0v) is 16.2. The lowest BCUT2D eigenvalue weighted by atomic mass is 10.1. The van der Waals surface area contributed by atoms with Gasteiger partial charge in [-0.2, -0.15) is 5.26 Å². The van der Waals surface area contributed by atoms with E-state index in [1.165, 1.54) is 11.8 Å². The van der Waals surface area contributed by atoms with Crippen LogP contribution in [0.1, 0.15) is 25.0 Å². The van der Waals surface area contributed by atoms with E-state index >= 15 is 0 Å². The number of aryl methyl sites for hydroxylation is 1. The number of benzene rings is 1. The first-order valence-corrected chi connectivity index (χ1v) is 9.52.